The van der Waals surface area contributed by atoms with E-state index in [1.165, 1.54) is 22.3 Å². The molecule has 1 aromatic heterocycles. The second-order valence-electron chi connectivity index (χ2n) is 9.69. The number of carbonyl (C=O) groups is 1. The summed E-state index contributed by atoms with van der Waals surface area (Å²) in [5.74, 6) is 0.232. The molecule has 176 valence electrons. The predicted molar refractivity (Wildman–Crippen MR) is 134 cm³/mol. The third-order valence-electron chi connectivity index (χ3n) is 7.39. The second-order valence-corrected chi connectivity index (χ2v) is 9.69. The molecule has 6 heteroatoms. The van der Waals surface area contributed by atoms with Gasteiger partial charge >= 0.3 is 5.97 Å². The van der Waals surface area contributed by atoms with E-state index in [0.29, 0.717) is 17.8 Å². The molecule has 0 unspecified atom stereocenters. The van der Waals surface area contributed by atoms with Crippen LogP contribution >= 0.6 is 0 Å². The number of hydrogen-bond donors (Lipinski definition) is 2. The summed E-state index contributed by atoms with van der Waals surface area (Å²) in [6.07, 6.45) is 3.45. The zero-order chi connectivity index (χ0) is 23.9. The highest BCUT2D eigenvalue weighted by Crippen LogP contribution is 2.37. The summed E-state index contributed by atoms with van der Waals surface area (Å²) in [4.78, 5) is 15.8. The summed E-state index contributed by atoms with van der Waals surface area (Å²) in [6.45, 7) is 2.10. The Labute approximate surface area is 204 Å². The smallest absolute Gasteiger partial charge is 0.306 e. The Kier molecular flexibility index (Phi) is 5.46. The van der Waals surface area contributed by atoms with Crippen LogP contribution in [-0.4, -0.2) is 27.3 Å². The van der Waals surface area contributed by atoms with Crippen molar-refractivity contribution < 1.29 is 14.4 Å². The molecule has 0 bridgehead atoms. The van der Waals surface area contributed by atoms with E-state index in [9.17, 15) is 4.79 Å². The number of hydrogen-bond acceptors (Lipinski definition) is 5. The highest BCUT2D eigenvalue weighted by Gasteiger charge is 2.36. The van der Waals surface area contributed by atoms with Crippen molar-refractivity contribution in [2.24, 2.45) is 5.92 Å². The quantitative estimate of drug-likeness (QED) is 0.373. The van der Waals surface area contributed by atoms with Crippen molar-refractivity contribution in [1.29, 1.82) is 0 Å². The van der Waals surface area contributed by atoms with Crippen LogP contribution in [0.5, 0.6) is 0 Å². The number of rotatable bonds is 6. The van der Waals surface area contributed by atoms with Crippen molar-refractivity contribution >= 4 is 5.97 Å². The maximum absolute atomic E-state index is 11.1. The summed E-state index contributed by atoms with van der Waals surface area (Å²) >= 11 is 0. The molecule has 0 radical (unpaired) electrons. The minimum Gasteiger partial charge on any atom is -0.481 e. The molecule has 0 saturated heterocycles. The molecule has 2 N–H and O–H groups in total. The molecule has 0 spiro atoms. The first kappa shape index (κ1) is 21.7. The molecule has 2 aliphatic rings. The van der Waals surface area contributed by atoms with Crippen molar-refractivity contribution in [3.63, 3.8) is 0 Å². The predicted octanol–water partition coefficient (Wildman–Crippen LogP) is 5.82. The topological polar surface area (TPSA) is 88.2 Å². The van der Waals surface area contributed by atoms with Gasteiger partial charge in [0.1, 0.15) is 0 Å². The van der Waals surface area contributed by atoms with Crippen LogP contribution in [0.1, 0.15) is 42.0 Å². The normalized spacial score (nSPS) is 20.9. The van der Waals surface area contributed by atoms with Gasteiger partial charge in [0.15, 0.2) is 0 Å². The van der Waals surface area contributed by atoms with Crippen LogP contribution in [0.3, 0.4) is 0 Å². The molecule has 6 rings (SSSR count). The summed E-state index contributed by atoms with van der Waals surface area (Å²) in [5, 5.41) is 17.0. The molecular formula is C29H27N3O3. The molecule has 0 amide bonds. The second kappa shape index (κ2) is 8.78. The minimum atomic E-state index is -0.679. The van der Waals surface area contributed by atoms with E-state index < -0.39 is 5.97 Å². The third kappa shape index (κ3) is 4.15. The largest absolute Gasteiger partial charge is 0.481 e. The fraction of sp³-hybridized carbons (Fsp3) is 0.276. The van der Waals surface area contributed by atoms with Crippen LogP contribution in [0.25, 0.3) is 34.0 Å². The standard InChI is InChI=1S/C29H27N3O3/c1-17-13-21(8-10-24(17)18-5-3-2-4-6-18)28-31-27(32-35-28)20-7-11-25-19(14-20)9-12-26(25)30-23-15-22(16-23)29(33)34/h2-8,10-11,13-14,22-23,26,30H,9,12,15-16H2,1H3,(H,33,34)/t22-,23-,26-/m0/s1. The van der Waals surface area contributed by atoms with Crippen molar-refractivity contribution in [2.75, 3.05) is 0 Å². The van der Waals surface area contributed by atoms with E-state index in [4.69, 9.17) is 9.63 Å². The van der Waals surface area contributed by atoms with E-state index >= 15 is 0 Å². The lowest BCUT2D eigenvalue weighted by Gasteiger charge is -2.35. The van der Waals surface area contributed by atoms with E-state index in [1.807, 2.05) is 24.3 Å². The number of aliphatic carboxylic acids is 1. The number of aryl methyl sites for hydroxylation is 2. The van der Waals surface area contributed by atoms with Gasteiger partial charge in [-0.15, -0.1) is 0 Å². The van der Waals surface area contributed by atoms with Gasteiger partial charge in [-0.05, 0) is 78.6 Å². The minimum absolute atomic E-state index is 0.193. The van der Waals surface area contributed by atoms with E-state index in [2.05, 4.69) is 64.8 Å². The molecule has 2 aliphatic carbocycles. The molecular weight excluding hydrogens is 438 g/mol. The molecule has 4 aromatic rings. The first-order chi connectivity index (χ1) is 17.0. The number of benzene rings is 3. The Morgan fingerprint density at radius 2 is 1.80 bits per heavy atom. The Morgan fingerprint density at radius 1 is 1.00 bits per heavy atom. The van der Waals surface area contributed by atoms with Crippen molar-refractivity contribution in [3.8, 4) is 34.0 Å². The zero-order valence-electron chi connectivity index (χ0n) is 19.6. The number of fused-ring (bicyclic) bond motifs is 1. The van der Waals surface area contributed by atoms with E-state index in [-0.39, 0.29) is 12.0 Å². The number of aromatic nitrogens is 2. The van der Waals surface area contributed by atoms with Gasteiger partial charge in [0.05, 0.1) is 5.92 Å². The highest BCUT2D eigenvalue weighted by atomic mass is 16.5. The lowest BCUT2D eigenvalue weighted by atomic mass is 9.80. The van der Waals surface area contributed by atoms with Crippen LogP contribution in [0.2, 0.25) is 0 Å². The van der Waals surface area contributed by atoms with Gasteiger partial charge in [0.2, 0.25) is 5.82 Å². The van der Waals surface area contributed by atoms with Gasteiger partial charge in [-0.2, -0.15) is 4.98 Å². The number of nitrogens with one attached hydrogen (secondary N) is 1. The van der Waals surface area contributed by atoms with Gasteiger partial charge in [-0.1, -0.05) is 53.7 Å². The number of carboxylic acids is 1. The third-order valence-corrected chi connectivity index (χ3v) is 7.39. The van der Waals surface area contributed by atoms with Crippen LogP contribution in [-0.2, 0) is 11.2 Å². The first-order valence-corrected chi connectivity index (χ1v) is 12.2. The van der Waals surface area contributed by atoms with E-state index in [0.717, 1.165) is 42.4 Å². The van der Waals surface area contributed by atoms with Gasteiger partial charge in [0, 0.05) is 23.2 Å². The molecule has 1 saturated carbocycles. The molecule has 1 fully saturated rings. The van der Waals surface area contributed by atoms with Gasteiger partial charge in [-0.3, -0.25) is 4.79 Å². The van der Waals surface area contributed by atoms with Crippen molar-refractivity contribution in [1.82, 2.24) is 15.5 Å². The average Bonchev–Trinajstić information content (AvgIpc) is 3.48. The molecule has 1 atom stereocenters. The number of nitrogens with zero attached hydrogens (tertiary/aromatic N) is 2. The lowest BCUT2D eigenvalue weighted by molar-refractivity contribution is -0.145. The fourth-order valence-corrected chi connectivity index (χ4v) is 5.37. The maximum Gasteiger partial charge on any atom is 0.306 e. The van der Waals surface area contributed by atoms with E-state index in [1.54, 1.807) is 0 Å². The summed E-state index contributed by atoms with van der Waals surface area (Å²) in [6, 6.07) is 23.5. The van der Waals surface area contributed by atoms with Gasteiger partial charge < -0.3 is 14.9 Å². The van der Waals surface area contributed by atoms with Crippen LogP contribution in [0.15, 0.2) is 71.3 Å². The van der Waals surface area contributed by atoms with Crippen molar-refractivity contribution in [3.05, 3.63) is 83.4 Å². The number of carboxylic acid groups (broad SMARTS) is 1. The SMILES string of the molecule is Cc1cc(-c2nc(-c3ccc4c(c3)CC[C@@H]4N[C@H]3C[C@H](C(=O)O)C3)no2)ccc1-c1ccccc1. The Morgan fingerprint density at radius 3 is 2.57 bits per heavy atom. The monoisotopic (exact) mass is 465 g/mol. The molecule has 35 heavy (non-hydrogen) atoms. The van der Waals surface area contributed by atoms with Gasteiger partial charge in [0.25, 0.3) is 5.89 Å². The van der Waals surface area contributed by atoms with Crippen molar-refractivity contribution in [2.45, 2.75) is 44.7 Å². The Bertz CT molecular complexity index is 1390. The Hall–Kier alpha value is -3.77. The fourth-order valence-electron chi connectivity index (χ4n) is 5.37. The zero-order valence-corrected chi connectivity index (χ0v) is 19.6. The lowest BCUT2D eigenvalue weighted by Crippen LogP contribution is -2.45. The molecule has 0 aliphatic heterocycles. The van der Waals surface area contributed by atoms with Gasteiger partial charge in [-0.25, -0.2) is 0 Å². The highest BCUT2D eigenvalue weighted by molar-refractivity contribution is 5.72. The molecule has 6 nitrogen and oxygen atoms in total. The Balaban J connectivity index is 1.18. The summed E-state index contributed by atoms with van der Waals surface area (Å²) in [5.41, 5.74) is 7.99. The van der Waals surface area contributed by atoms with Crippen LogP contribution < -0.4 is 5.32 Å². The summed E-state index contributed by atoms with van der Waals surface area (Å²) in [7, 11) is 0. The molecule has 3 aromatic carbocycles. The molecule has 1 heterocycles. The average molecular weight is 466 g/mol. The first-order valence-electron chi connectivity index (χ1n) is 12.2. The summed E-state index contributed by atoms with van der Waals surface area (Å²) < 4.78 is 5.63. The van der Waals surface area contributed by atoms with Crippen LogP contribution in [0, 0.1) is 12.8 Å². The van der Waals surface area contributed by atoms with Crippen LogP contribution in [0.4, 0.5) is 0 Å². The maximum atomic E-state index is 11.1.